The Labute approximate surface area is 157 Å². The lowest BCUT2D eigenvalue weighted by Crippen LogP contribution is -2.43. The van der Waals surface area contributed by atoms with E-state index in [4.69, 9.17) is 27.9 Å². The molecule has 0 bridgehead atoms. The lowest BCUT2D eigenvalue weighted by Gasteiger charge is -2.26. The number of hydrogen-bond donors (Lipinski definition) is 1. The van der Waals surface area contributed by atoms with Crippen molar-refractivity contribution in [2.24, 2.45) is 5.92 Å². The maximum atomic E-state index is 12.6. The largest absolute Gasteiger partial charge is 0.379 e. The number of benzene rings is 1. The maximum absolute atomic E-state index is 12.6. The van der Waals surface area contributed by atoms with Gasteiger partial charge in [0.05, 0.1) is 23.3 Å². The zero-order chi connectivity index (χ0) is 17.8. The molecule has 0 radical (unpaired) electrons. The molecule has 0 aromatic heterocycles. The van der Waals surface area contributed by atoms with E-state index in [1.54, 1.807) is 23.1 Å². The van der Waals surface area contributed by atoms with E-state index in [1.807, 2.05) is 0 Å². The Kier molecular flexibility index (Phi) is 6.17. The van der Waals surface area contributed by atoms with E-state index in [2.05, 4.69) is 10.2 Å². The average molecular weight is 386 g/mol. The SMILES string of the molecule is O=C(NCCN1CCOCC1)C1CCN(c2ccc(Cl)c(Cl)c2)C1=O. The third-order valence-electron chi connectivity index (χ3n) is 4.57. The fourth-order valence-electron chi connectivity index (χ4n) is 3.12. The Bertz CT molecular complexity index is 650. The Balaban J connectivity index is 1.52. The van der Waals surface area contributed by atoms with Crippen LogP contribution in [-0.2, 0) is 14.3 Å². The second-order valence-corrected chi connectivity index (χ2v) is 6.99. The highest BCUT2D eigenvalue weighted by molar-refractivity contribution is 6.42. The molecule has 136 valence electrons. The molecule has 0 spiro atoms. The topological polar surface area (TPSA) is 61.9 Å². The fraction of sp³-hybridized carbons (Fsp3) is 0.529. The lowest BCUT2D eigenvalue weighted by molar-refractivity contribution is -0.132. The van der Waals surface area contributed by atoms with Crippen molar-refractivity contribution in [2.45, 2.75) is 6.42 Å². The summed E-state index contributed by atoms with van der Waals surface area (Å²) in [5.41, 5.74) is 0.669. The Hall–Kier alpha value is -1.34. The Morgan fingerprint density at radius 2 is 1.96 bits per heavy atom. The van der Waals surface area contributed by atoms with E-state index in [1.165, 1.54) is 0 Å². The zero-order valence-electron chi connectivity index (χ0n) is 13.8. The van der Waals surface area contributed by atoms with Crippen molar-refractivity contribution in [1.29, 1.82) is 0 Å². The molecule has 2 aliphatic heterocycles. The minimum atomic E-state index is -0.640. The van der Waals surface area contributed by atoms with Crippen molar-refractivity contribution in [2.75, 3.05) is 50.8 Å². The quantitative estimate of drug-likeness (QED) is 0.784. The highest BCUT2D eigenvalue weighted by atomic mass is 35.5. The van der Waals surface area contributed by atoms with Gasteiger partial charge in [-0.2, -0.15) is 0 Å². The van der Waals surface area contributed by atoms with Crippen LogP contribution in [0.3, 0.4) is 0 Å². The number of carbonyl (C=O) groups is 2. The number of amides is 2. The second kappa shape index (κ2) is 8.36. The van der Waals surface area contributed by atoms with Crippen LogP contribution in [0.15, 0.2) is 18.2 Å². The van der Waals surface area contributed by atoms with Crippen molar-refractivity contribution in [3.8, 4) is 0 Å². The van der Waals surface area contributed by atoms with Gasteiger partial charge in [-0.25, -0.2) is 0 Å². The molecule has 1 aromatic rings. The van der Waals surface area contributed by atoms with Crippen LogP contribution >= 0.6 is 23.2 Å². The lowest BCUT2D eigenvalue weighted by atomic mass is 10.1. The third kappa shape index (κ3) is 4.44. The van der Waals surface area contributed by atoms with Crippen LogP contribution in [0.2, 0.25) is 10.0 Å². The number of anilines is 1. The van der Waals surface area contributed by atoms with Gasteiger partial charge in [-0.05, 0) is 24.6 Å². The highest BCUT2D eigenvalue weighted by Gasteiger charge is 2.37. The summed E-state index contributed by atoms with van der Waals surface area (Å²) in [7, 11) is 0. The summed E-state index contributed by atoms with van der Waals surface area (Å²) < 4.78 is 5.30. The number of nitrogens with one attached hydrogen (secondary N) is 1. The molecule has 1 unspecified atom stereocenters. The van der Waals surface area contributed by atoms with E-state index in [-0.39, 0.29) is 11.8 Å². The molecule has 2 amide bonds. The van der Waals surface area contributed by atoms with Gasteiger partial charge in [0.2, 0.25) is 11.8 Å². The van der Waals surface area contributed by atoms with E-state index < -0.39 is 5.92 Å². The van der Waals surface area contributed by atoms with Crippen LogP contribution in [0.5, 0.6) is 0 Å². The van der Waals surface area contributed by atoms with Gasteiger partial charge in [-0.15, -0.1) is 0 Å². The van der Waals surface area contributed by atoms with Crippen LogP contribution in [0.4, 0.5) is 5.69 Å². The summed E-state index contributed by atoms with van der Waals surface area (Å²) in [6, 6.07) is 5.05. The van der Waals surface area contributed by atoms with Gasteiger partial charge in [0.25, 0.3) is 0 Å². The molecule has 1 aromatic carbocycles. The van der Waals surface area contributed by atoms with Gasteiger partial charge >= 0.3 is 0 Å². The zero-order valence-corrected chi connectivity index (χ0v) is 15.4. The minimum Gasteiger partial charge on any atom is -0.379 e. The smallest absolute Gasteiger partial charge is 0.239 e. The molecule has 2 heterocycles. The Morgan fingerprint density at radius 1 is 1.20 bits per heavy atom. The summed E-state index contributed by atoms with van der Waals surface area (Å²) in [4.78, 5) is 28.7. The molecule has 0 saturated carbocycles. The van der Waals surface area contributed by atoms with Crippen LogP contribution in [-0.4, -0.2) is 62.7 Å². The number of halogens is 2. The second-order valence-electron chi connectivity index (χ2n) is 6.17. The van der Waals surface area contributed by atoms with Crippen molar-refractivity contribution >= 4 is 40.7 Å². The third-order valence-corrected chi connectivity index (χ3v) is 5.31. The molecule has 1 N–H and O–H groups in total. The molecule has 3 rings (SSSR count). The summed E-state index contributed by atoms with van der Waals surface area (Å²) >= 11 is 11.9. The predicted octanol–water partition coefficient (Wildman–Crippen LogP) is 1.79. The predicted molar refractivity (Wildman–Crippen MR) is 97.2 cm³/mol. The van der Waals surface area contributed by atoms with Crippen LogP contribution in [0.25, 0.3) is 0 Å². The van der Waals surface area contributed by atoms with Crippen molar-refractivity contribution in [3.63, 3.8) is 0 Å². The van der Waals surface area contributed by atoms with Crippen LogP contribution < -0.4 is 10.2 Å². The number of morpholine rings is 1. The molecule has 25 heavy (non-hydrogen) atoms. The first-order chi connectivity index (χ1) is 12.1. The van der Waals surface area contributed by atoms with Crippen molar-refractivity contribution < 1.29 is 14.3 Å². The van der Waals surface area contributed by atoms with Gasteiger partial charge in [0.1, 0.15) is 5.92 Å². The first-order valence-electron chi connectivity index (χ1n) is 8.40. The summed E-state index contributed by atoms with van der Waals surface area (Å²) in [5, 5.41) is 3.71. The van der Waals surface area contributed by atoms with Crippen molar-refractivity contribution in [1.82, 2.24) is 10.2 Å². The van der Waals surface area contributed by atoms with Gasteiger partial charge in [-0.3, -0.25) is 14.5 Å². The van der Waals surface area contributed by atoms with Crippen molar-refractivity contribution in [3.05, 3.63) is 28.2 Å². The molecule has 2 saturated heterocycles. The number of hydrogen-bond acceptors (Lipinski definition) is 4. The van der Waals surface area contributed by atoms with E-state index in [9.17, 15) is 9.59 Å². The Morgan fingerprint density at radius 3 is 2.68 bits per heavy atom. The number of carbonyl (C=O) groups excluding carboxylic acids is 2. The molecule has 1 atom stereocenters. The monoisotopic (exact) mass is 385 g/mol. The van der Waals surface area contributed by atoms with Gasteiger partial charge in [0, 0.05) is 38.4 Å². The van der Waals surface area contributed by atoms with Gasteiger partial charge in [-0.1, -0.05) is 23.2 Å². The maximum Gasteiger partial charge on any atom is 0.239 e. The highest BCUT2D eigenvalue weighted by Crippen LogP contribution is 2.31. The van der Waals surface area contributed by atoms with Crippen LogP contribution in [0.1, 0.15) is 6.42 Å². The summed E-state index contributed by atoms with van der Waals surface area (Å²) in [5.74, 6) is -1.04. The van der Waals surface area contributed by atoms with E-state index in [0.29, 0.717) is 35.2 Å². The first-order valence-corrected chi connectivity index (χ1v) is 9.16. The summed E-state index contributed by atoms with van der Waals surface area (Å²) in [6.07, 6.45) is 0.502. The van der Waals surface area contributed by atoms with Gasteiger partial charge in [0.15, 0.2) is 0 Å². The number of ether oxygens (including phenoxy) is 1. The number of rotatable bonds is 5. The molecular weight excluding hydrogens is 365 g/mol. The molecular formula is C17H21Cl2N3O3. The standard InChI is InChI=1S/C17H21Cl2N3O3/c18-14-2-1-12(11-15(14)19)22-5-3-13(17(22)24)16(23)20-4-6-21-7-9-25-10-8-21/h1-2,11,13H,3-10H2,(H,20,23). The molecule has 6 nitrogen and oxygen atoms in total. The minimum absolute atomic E-state index is 0.192. The van der Waals surface area contributed by atoms with E-state index in [0.717, 1.165) is 32.8 Å². The summed E-state index contributed by atoms with van der Waals surface area (Å²) in [6.45, 7) is 5.02. The van der Waals surface area contributed by atoms with Crippen LogP contribution in [0, 0.1) is 5.92 Å². The molecule has 2 aliphatic rings. The normalized spacial score (nSPS) is 21.6. The molecule has 0 aliphatic carbocycles. The van der Waals surface area contributed by atoms with E-state index >= 15 is 0 Å². The molecule has 2 fully saturated rings. The average Bonchev–Trinajstić information content (AvgIpc) is 3.00. The number of nitrogens with zero attached hydrogens (tertiary/aromatic N) is 2. The fourth-order valence-corrected chi connectivity index (χ4v) is 3.41. The molecule has 8 heteroatoms. The van der Waals surface area contributed by atoms with Gasteiger partial charge < -0.3 is 15.0 Å². The first kappa shape index (κ1) is 18.5.